The number of carbonyl (C=O) groups is 3. The summed E-state index contributed by atoms with van der Waals surface area (Å²) in [4.78, 5) is 47.9. The summed E-state index contributed by atoms with van der Waals surface area (Å²) in [5, 5.41) is 25.7. The fraction of sp³-hybridized carbons (Fsp3) is 0.591. The van der Waals surface area contributed by atoms with Gasteiger partial charge in [-0.15, -0.1) is 0 Å². The SMILES string of the molecule is CC(C)C[C@H](C[N+](=O)[O-])C(=O)N[C@H](C(=O)N[C@H](Cc1ccccc1)C(=O)O)C(C)(C)C. The first-order chi connectivity index (χ1) is 14.3. The third-order valence-corrected chi connectivity index (χ3v) is 4.81. The fourth-order valence-corrected chi connectivity index (χ4v) is 3.25. The highest BCUT2D eigenvalue weighted by atomic mass is 16.6. The summed E-state index contributed by atoms with van der Waals surface area (Å²) in [6, 6.07) is 6.65. The van der Waals surface area contributed by atoms with E-state index >= 15 is 0 Å². The minimum absolute atomic E-state index is 0.0554. The van der Waals surface area contributed by atoms with Crippen molar-refractivity contribution in [1.82, 2.24) is 10.6 Å². The average Bonchev–Trinajstić information content (AvgIpc) is 2.63. The summed E-state index contributed by atoms with van der Waals surface area (Å²) in [5.74, 6) is -3.25. The van der Waals surface area contributed by atoms with Gasteiger partial charge in [0.1, 0.15) is 18.0 Å². The molecule has 172 valence electrons. The highest BCUT2D eigenvalue weighted by Crippen LogP contribution is 2.21. The maximum atomic E-state index is 13.0. The zero-order valence-electron chi connectivity index (χ0n) is 18.8. The number of benzene rings is 1. The van der Waals surface area contributed by atoms with Crippen LogP contribution in [0.4, 0.5) is 0 Å². The summed E-state index contributed by atoms with van der Waals surface area (Å²) >= 11 is 0. The van der Waals surface area contributed by atoms with E-state index in [2.05, 4.69) is 10.6 Å². The molecule has 1 rings (SSSR count). The van der Waals surface area contributed by atoms with Crippen molar-refractivity contribution in [2.45, 2.75) is 59.5 Å². The number of hydrogen-bond donors (Lipinski definition) is 3. The van der Waals surface area contributed by atoms with Gasteiger partial charge < -0.3 is 15.7 Å². The predicted octanol–water partition coefficient (Wildman–Crippen LogP) is 2.27. The third-order valence-electron chi connectivity index (χ3n) is 4.81. The molecule has 0 aliphatic carbocycles. The van der Waals surface area contributed by atoms with E-state index in [0.29, 0.717) is 6.42 Å². The van der Waals surface area contributed by atoms with Crippen LogP contribution < -0.4 is 10.6 Å². The number of aliphatic carboxylic acids is 1. The zero-order chi connectivity index (χ0) is 23.8. The number of carboxylic acids is 1. The number of carboxylic acid groups (broad SMARTS) is 1. The molecule has 0 radical (unpaired) electrons. The smallest absolute Gasteiger partial charge is 0.326 e. The van der Waals surface area contributed by atoms with Crippen LogP contribution in [0, 0.1) is 27.4 Å². The molecule has 2 amide bonds. The number of nitrogens with zero attached hydrogens (tertiary/aromatic N) is 1. The predicted molar refractivity (Wildman–Crippen MR) is 116 cm³/mol. The second-order valence-electron chi connectivity index (χ2n) is 9.24. The number of hydrogen-bond acceptors (Lipinski definition) is 5. The van der Waals surface area contributed by atoms with Gasteiger partial charge in [0.25, 0.3) is 0 Å². The molecule has 0 aliphatic rings. The Morgan fingerprint density at radius 1 is 1.06 bits per heavy atom. The Morgan fingerprint density at radius 2 is 1.65 bits per heavy atom. The lowest BCUT2D eigenvalue weighted by molar-refractivity contribution is -0.486. The van der Waals surface area contributed by atoms with E-state index in [1.54, 1.807) is 45.0 Å². The molecule has 9 heteroatoms. The molecule has 0 aliphatic heterocycles. The third kappa shape index (κ3) is 9.15. The van der Waals surface area contributed by atoms with Crippen molar-refractivity contribution < 1.29 is 24.4 Å². The standard InChI is InChI=1S/C22H33N3O6/c1-14(2)11-16(13-25(30)31)19(26)24-18(22(3,4)5)20(27)23-17(21(28)29)12-15-9-7-6-8-10-15/h6-10,14,16-18H,11-13H2,1-5H3,(H,23,27)(H,24,26)(H,28,29)/t16-,17-,18-/m1/s1. The first kappa shape index (κ1) is 26.1. The minimum atomic E-state index is -1.19. The number of carbonyl (C=O) groups excluding carboxylic acids is 2. The van der Waals surface area contributed by atoms with E-state index < -0.39 is 52.7 Å². The quantitative estimate of drug-likeness (QED) is 0.360. The Hall–Kier alpha value is -2.97. The van der Waals surface area contributed by atoms with E-state index in [1.165, 1.54) is 0 Å². The first-order valence-corrected chi connectivity index (χ1v) is 10.3. The molecule has 0 saturated heterocycles. The Labute approximate surface area is 182 Å². The molecule has 9 nitrogen and oxygen atoms in total. The van der Waals surface area contributed by atoms with Crippen molar-refractivity contribution >= 4 is 17.8 Å². The van der Waals surface area contributed by atoms with Gasteiger partial charge in [-0.2, -0.15) is 0 Å². The molecule has 0 spiro atoms. The van der Waals surface area contributed by atoms with Gasteiger partial charge in [-0.3, -0.25) is 19.7 Å². The Bertz CT molecular complexity index is 773. The molecule has 3 N–H and O–H groups in total. The van der Waals surface area contributed by atoms with E-state index in [-0.39, 0.29) is 12.3 Å². The van der Waals surface area contributed by atoms with Gasteiger partial charge in [0.05, 0.1) is 0 Å². The number of nitro groups is 1. The first-order valence-electron chi connectivity index (χ1n) is 10.3. The Morgan fingerprint density at radius 3 is 2.10 bits per heavy atom. The van der Waals surface area contributed by atoms with Crippen molar-refractivity contribution in [2.24, 2.45) is 17.3 Å². The van der Waals surface area contributed by atoms with Gasteiger partial charge in [0, 0.05) is 11.3 Å². The lowest BCUT2D eigenvalue weighted by atomic mass is 9.85. The average molecular weight is 436 g/mol. The van der Waals surface area contributed by atoms with Gasteiger partial charge in [0.2, 0.25) is 18.4 Å². The molecule has 0 unspecified atom stereocenters. The van der Waals surface area contributed by atoms with E-state index in [4.69, 9.17) is 0 Å². The van der Waals surface area contributed by atoms with Gasteiger partial charge >= 0.3 is 5.97 Å². The molecule has 1 aromatic carbocycles. The van der Waals surface area contributed by atoms with Crippen molar-refractivity contribution in [1.29, 1.82) is 0 Å². The molecule has 1 aromatic rings. The molecule has 31 heavy (non-hydrogen) atoms. The molecule has 0 heterocycles. The monoisotopic (exact) mass is 435 g/mol. The van der Waals surface area contributed by atoms with Gasteiger partial charge in [0.15, 0.2) is 0 Å². The zero-order valence-corrected chi connectivity index (χ0v) is 18.8. The van der Waals surface area contributed by atoms with Crippen LogP contribution in [-0.2, 0) is 20.8 Å². The highest BCUT2D eigenvalue weighted by Gasteiger charge is 2.37. The lowest BCUT2D eigenvalue weighted by Crippen LogP contribution is -2.58. The molecular formula is C22H33N3O6. The molecule has 0 fully saturated rings. The number of rotatable bonds is 11. The molecule has 0 bridgehead atoms. The van der Waals surface area contributed by atoms with Crippen LogP contribution in [-0.4, -0.2) is 46.4 Å². The van der Waals surface area contributed by atoms with Gasteiger partial charge in [-0.05, 0) is 23.3 Å². The van der Waals surface area contributed by atoms with Gasteiger partial charge in [-0.25, -0.2) is 4.79 Å². The summed E-state index contributed by atoms with van der Waals surface area (Å²) < 4.78 is 0. The Kier molecular flexibility index (Phi) is 9.61. The number of amides is 2. The molecule has 3 atom stereocenters. The summed E-state index contributed by atoms with van der Waals surface area (Å²) in [6.07, 6.45) is 0.390. The molecular weight excluding hydrogens is 402 g/mol. The normalized spacial score (nSPS) is 14.4. The van der Waals surface area contributed by atoms with Crippen LogP contribution in [0.3, 0.4) is 0 Å². The highest BCUT2D eigenvalue weighted by molar-refractivity contribution is 5.91. The lowest BCUT2D eigenvalue weighted by Gasteiger charge is -2.32. The van der Waals surface area contributed by atoms with Gasteiger partial charge in [-0.1, -0.05) is 65.0 Å². The van der Waals surface area contributed by atoms with E-state index in [9.17, 15) is 29.6 Å². The Balaban J connectivity index is 3.00. The van der Waals surface area contributed by atoms with Crippen LogP contribution in [0.2, 0.25) is 0 Å². The van der Waals surface area contributed by atoms with E-state index in [1.807, 2.05) is 19.9 Å². The minimum Gasteiger partial charge on any atom is -0.480 e. The van der Waals surface area contributed by atoms with Crippen LogP contribution in [0.25, 0.3) is 0 Å². The maximum Gasteiger partial charge on any atom is 0.326 e. The van der Waals surface area contributed by atoms with Crippen LogP contribution >= 0.6 is 0 Å². The largest absolute Gasteiger partial charge is 0.480 e. The van der Waals surface area contributed by atoms with Crippen molar-refractivity contribution in [3.05, 3.63) is 46.0 Å². The summed E-state index contributed by atoms with van der Waals surface area (Å²) in [7, 11) is 0. The second kappa shape index (κ2) is 11.4. The van der Waals surface area contributed by atoms with Crippen LogP contribution in [0.15, 0.2) is 30.3 Å². The summed E-state index contributed by atoms with van der Waals surface area (Å²) in [6.45, 7) is 8.37. The van der Waals surface area contributed by atoms with Crippen molar-refractivity contribution in [2.75, 3.05) is 6.54 Å². The molecule has 0 aromatic heterocycles. The van der Waals surface area contributed by atoms with Crippen LogP contribution in [0.5, 0.6) is 0 Å². The van der Waals surface area contributed by atoms with Crippen molar-refractivity contribution in [3.8, 4) is 0 Å². The van der Waals surface area contributed by atoms with E-state index in [0.717, 1.165) is 5.56 Å². The topological polar surface area (TPSA) is 139 Å². The van der Waals surface area contributed by atoms with Crippen molar-refractivity contribution in [3.63, 3.8) is 0 Å². The second-order valence-corrected chi connectivity index (χ2v) is 9.24. The fourth-order valence-electron chi connectivity index (χ4n) is 3.25. The summed E-state index contributed by atoms with van der Waals surface area (Å²) in [5.41, 5.74) is 0.00142. The van der Waals surface area contributed by atoms with Crippen LogP contribution in [0.1, 0.15) is 46.6 Å². The number of nitrogens with one attached hydrogen (secondary N) is 2. The maximum absolute atomic E-state index is 13.0. The molecule has 0 saturated carbocycles.